The summed E-state index contributed by atoms with van der Waals surface area (Å²) in [5.41, 5.74) is 1.36. The lowest BCUT2D eigenvalue weighted by Gasteiger charge is -2.22. The van der Waals surface area contributed by atoms with Crippen molar-refractivity contribution in [3.05, 3.63) is 72.1 Å². The Morgan fingerprint density at radius 1 is 1.00 bits per heavy atom. The molecule has 3 aromatic rings. The molecule has 7 nitrogen and oxygen atoms in total. The summed E-state index contributed by atoms with van der Waals surface area (Å²) < 4.78 is 1.95. The van der Waals surface area contributed by atoms with Crippen molar-refractivity contribution in [1.29, 1.82) is 0 Å². The summed E-state index contributed by atoms with van der Waals surface area (Å²) in [6.45, 7) is 6.70. The topological polar surface area (TPSA) is 88.9 Å². The summed E-state index contributed by atoms with van der Waals surface area (Å²) in [4.78, 5) is 25.0. The van der Waals surface area contributed by atoms with Gasteiger partial charge in [-0.2, -0.15) is 0 Å². The number of nitrogens with zero attached hydrogens (tertiary/aromatic N) is 3. The third kappa shape index (κ3) is 5.95. The van der Waals surface area contributed by atoms with Gasteiger partial charge in [0, 0.05) is 17.8 Å². The maximum absolute atomic E-state index is 12.7. The summed E-state index contributed by atoms with van der Waals surface area (Å²) in [5.74, 6) is 0.757. The molecule has 0 radical (unpaired) electrons. The predicted molar refractivity (Wildman–Crippen MR) is 123 cm³/mol. The fourth-order valence-electron chi connectivity index (χ4n) is 3.13. The lowest BCUT2D eigenvalue weighted by molar-refractivity contribution is -0.113. The smallest absolute Gasteiger partial charge is 0.251 e. The molecule has 0 aliphatic rings. The summed E-state index contributed by atoms with van der Waals surface area (Å²) in [6, 6.07) is 18.2. The van der Waals surface area contributed by atoms with Crippen molar-refractivity contribution >= 4 is 29.3 Å². The van der Waals surface area contributed by atoms with Gasteiger partial charge < -0.3 is 15.2 Å². The SMILES string of the molecule is CCn1c(SCC(=O)Nc2ccccc2)nnc1[C@H](NC(=O)c1ccccc1)C(C)C. The third-order valence-corrected chi connectivity index (χ3v) is 5.69. The van der Waals surface area contributed by atoms with Crippen LogP contribution in [0.25, 0.3) is 0 Å². The molecule has 0 bridgehead atoms. The van der Waals surface area contributed by atoms with Crippen LogP contribution in [0.3, 0.4) is 0 Å². The number of aromatic nitrogens is 3. The number of carbonyl (C=O) groups excluding carboxylic acids is 2. The summed E-state index contributed by atoms with van der Waals surface area (Å²) in [5, 5.41) is 15.3. The van der Waals surface area contributed by atoms with Gasteiger partial charge in [-0.15, -0.1) is 10.2 Å². The summed E-state index contributed by atoms with van der Waals surface area (Å²) in [7, 11) is 0. The van der Waals surface area contributed by atoms with Gasteiger partial charge in [-0.25, -0.2) is 0 Å². The minimum absolute atomic E-state index is 0.110. The van der Waals surface area contributed by atoms with Gasteiger partial charge >= 0.3 is 0 Å². The quantitative estimate of drug-likeness (QED) is 0.491. The molecular weight excluding hydrogens is 410 g/mol. The highest BCUT2D eigenvalue weighted by atomic mass is 32.2. The highest BCUT2D eigenvalue weighted by Crippen LogP contribution is 2.25. The largest absolute Gasteiger partial charge is 0.342 e. The maximum atomic E-state index is 12.7. The van der Waals surface area contributed by atoms with Crippen LogP contribution in [0, 0.1) is 5.92 Å². The van der Waals surface area contributed by atoms with Crippen molar-refractivity contribution in [2.75, 3.05) is 11.1 Å². The van der Waals surface area contributed by atoms with Crippen LogP contribution in [0.2, 0.25) is 0 Å². The Kier molecular flexibility index (Phi) is 7.83. The average molecular weight is 438 g/mol. The predicted octanol–water partition coefficient (Wildman–Crippen LogP) is 4.16. The van der Waals surface area contributed by atoms with Gasteiger partial charge in [0.1, 0.15) is 0 Å². The Morgan fingerprint density at radius 2 is 1.65 bits per heavy atom. The molecule has 0 fully saturated rings. The number of nitrogens with one attached hydrogen (secondary N) is 2. The van der Waals surface area contributed by atoms with E-state index in [2.05, 4.69) is 20.8 Å². The molecule has 0 saturated heterocycles. The lowest BCUT2D eigenvalue weighted by atomic mass is 10.0. The van der Waals surface area contributed by atoms with Crippen LogP contribution in [-0.4, -0.2) is 32.3 Å². The molecule has 1 atom stereocenters. The van der Waals surface area contributed by atoms with Gasteiger partial charge in [0.15, 0.2) is 11.0 Å². The zero-order valence-corrected chi connectivity index (χ0v) is 18.7. The molecule has 2 N–H and O–H groups in total. The van der Waals surface area contributed by atoms with Crippen molar-refractivity contribution in [2.45, 2.75) is 38.5 Å². The van der Waals surface area contributed by atoms with E-state index >= 15 is 0 Å². The van der Waals surface area contributed by atoms with Crippen LogP contribution in [0.5, 0.6) is 0 Å². The molecule has 162 valence electrons. The van der Waals surface area contributed by atoms with Crippen LogP contribution in [-0.2, 0) is 11.3 Å². The second-order valence-corrected chi connectivity index (χ2v) is 8.29. The maximum Gasteiger partial charge on any atom is 0.251 e. The highest BCUT2D eigenvalue weighted by molar-refractivity contribution is 7.99. The summed E-state index contributed by atoms with van der Waals surface area (Å²) in [6.07, 6.45) is 0. The number of amides is 2. The first-order valence-corrected chi connectivity index (χ1v) is 11.2. The van der Waals surface area contributed by atoms with E-state index in [0.717, 1.165) is 5.69 Å². The number of hydrogen-bond donors (Lipinski definition) is 2. The standard InChI is InChI=1S/C23H27N5O2S/c1-4-28-21(20(16(2)3)25-22(30)17-11-7-5-8-12-17)26-27-23(28)31-15-19(29)24-18-13-9-6-10-14-18/h5-14,16,20H,4,15H2,1-3H3,(H,24,29)(H,25,30)/t20-/m1/s1. The first-order chi connectivity index (χ1) is 15.0. The van der Waals surface area contributed by atoms with E-state index in [1.165, 1.54) is 11.8 Å². The van der Waals surface area contributed by atoms with E-state index < -0.39 is 0 Å². The number of thioether (sulfide) groups is 1. The zero-order chi connectivity index (χ0) is 22.2. The van der Waals surface area contributed by atoms with Crippen LogP contribution in [0.1, 0.15) is 43.0 Å². The molecule has 3 rings (SSSR count). The van der Waals surface area contributed by atoms with E-state index in [0.29, 0.717) is 23.1 Å². The molecule has 0 aliphatic heterocycles. The molecule has 2 aromatic carbocycles. The van der Waals surface area contributed by atoms with Crippen LogP contribution >= 0.6 is 11.8 Å². The van der Waals surface area contributed by atoms with E-state index in [9.17, 15) is 9.59 Å². The molecular formula is C23H27N5O2S. The molecule has 8 heteroatoms. The zero-order valence-electron chi connectivity index (χ0n) is 17.9. The number of anilines is 1. The Morgan fingerprint density at radius 3 is 2.26 bits per heavy atom. The van der Waals surface area contributed by atoms with Crippen molar-refractivity contribution in [3.8, 4) is 0 Å². The summed E-state index contributed by atoms with van der Waals surface area (Å²) >= 11 is 1.33. The molecule has 2 amide bonds. The van der Waals surface area contributed by atoms with E-state index in [-0.39, 0.29) is 29.5 Å². The van der Waals surface area contributed by atoms with Gasteiger partial charge in [-0.1, -0.05) is 62.0 Å². The van der Waals surface area contributed by atoms with Gasteiger partial charge in [0.05, 0.1) is 11.8 Å². The molecule has 1 heterocycles. The first kappa shape index (κ1) is 22.6. The fraction of sp³-hybridized carbons (Fsp3) is 0.304. The van der Waals surface area contributed by atoms with Crippen LogP contribution in [0.4, 0.5) is 5.69 Å². The fourth-order valence-corrected chi connectivity index (χ4v) is 3.94. The van der Waals surface area contributed by atoms with Crippen molar-refractivity contribution < 1.29 is 9.59 Å². The molecule has 0 aliphatic carbocycles. The normalized spacial score (nSPS) is 11.9. The number of hydrogen-bond acceptors (Lipinski definition) is 5. The monoisotopic (exact) mass is 437 g/mol. The lowest BCUT2D eigenvalue weighted by Crippen LogP contribution is -2.33. The number of benzene rings is 2. The van der Waals surface area contributed by atoms with Gasteiger partial charge in [-0.3, -0.25) is 9.59 Å². The van der Waals surface area contributed by atoms with E-state index in [1.807, 2.05) is 73.9 Å². The Balaban J connectivity index is 1.70. The second kappa shape index (κ2) is 10.8. The average Bonchev–Trinajstić information content (AvgIpc) is 3.19. The van der Waals surface area contributed by atoms with Gasteiger partial charge in [0.25, 0.3) is 5.91 Å². The Labute approximate surface area is 186 Å². The Bertz CT molecular complexity index is 1010. The number of carbonyl (C=O) groups is 2. The Hall–Kier alpha value is -3.13. The minimum Gasteiger partial charge on any atom is -0.342 e. The van der Waals surface area contributed by atoms with Crippen molar-refractivity contribution in [1.82, 2.24) is 20.1 Å². The minimum atomic E-state index is -0.298. The van der Waals surface area contributed by atoms with Gasteiger partial charge in [0.2, 0.25) is 5.91 Å². The third-order valence-electron chi connectivity index (χ3n) is 4.72. The highest BCUT2D eigenvalue weighted by Gasteiger charge is 2.26. The number of rotatable bonds is 9. The van der Waals surface area contributed by atoms with Gasteiger partial charge in [-0.05, 0) is 37.1 Å². The van der Waals surface area contributed by atoms with Crippen LogP contribution in [0.15, 0.2) is 65.8 Å². The van der Waals surface area contributed by atoms with E-state index in [4.69, 9.17) is 0 Å². The van der Waals surface area contributed by atoms with Crippen molar-refractivity contribution in [3.63, 3.8) is 0 Å². The second-order valence-electron chi connectivity index (χ2n) is 7.35. The van der Waals surface area contributed by atoms with Crippen LogP contribution < -0.4 is 10.6 Å². The van der Waals surface area contributed by atoms with Crippen molar-refractivity contribution in [2.24, 2.45) is 5.92 Å². The van der Waals surface area contributed by atoms with E-state index in [1.54, 1.807) is 12.1 Å². The molecule has 0 saturated carbocycles. The molecule has 1 aromatic heterocycles. The number of para-hydroxylation sites is 1. The molecule has 0 spiro atoms. The molecule has 31 heavy (non-hydrogen) atoms. The first-order valence-electron chi connectivity index (χ1n) is 10.3. The molecule has 0 unspecified atom stereocenters.